The van der Waals surface area contributed by atoms with Gasteiger partial charge in [-0.2, -0.15) is 0 Å². The maximum Gasteiger partial charge on any atom is 0.126 e. The Hall–Kier alpha value is -2.26. The number of hydrogen-bond acceptors (Lipinski definition) is 3. The summed E-state index contributed by atoms with van der Waals surface area (Å²) in [5.41, 5.74) is 2.75. The molecule has 0 heterocycles. The summed E-state index contributed by atoms with van der Waals surface area (Å²) in [6.07, 6.45) is 3.36. The fourth-order valence-electron chi connectivity index (χ4n) is 2.88. The molecule has 0 saturated carbocycles. The van der Waals surface area contributed by atoms with E-state index in [0.717, 1.165) is 22.4 Å². The van der Waals surface area contributed by atoms with Crippen molar-refractivity contribution in [2.45, 2.75) is 12.0 Å². The molecule has 0 fully saturated rings. The predicted molar refractivity (Wildman–Crippen MR) is 82.7 cm³/mol. The Morgan fingerprint density at radius 2 is 1.57 bits per heavy atom. The Kier molecular flexibility index (Phi) is 3.67. The van der Waals surface area contributed by atoms with Crippen molar-refractivity contribution in [3.8, 4) is 11.5 Å². The van der Waals surface area contributed by atoms with Gasteiger partial charge < -0.3 is 14.6 Å². The van der Waals surface area contributed by atoms with E-state index in [0.29, 0.717) is 5.75 Å². The lowest BCUT2D eigenvalue weighted by Gasteiger charge is -2.28. The van der Waals surface area contributed by atoms with E-state index in [2.05, 4.69) is 0 Å². The van der Waals surface area contributed by atoms with Crippen molar-refractivity contribution in [1.29, 1.82) is 0 Å². The van der Waals surface area contributed by atoms with Gasteiger partial charge >= 0.3 is 0 Å². The third kappa shape index (κ3) is 2.30. The summed E-state index contributed by atoms with van der Waals surface area (Å²) in [6, 6.07) is 13.7. The zero-order valence-corrected chi connectivity index (χ0v) is 12.1. The average Bonchev–Trinajstić information content (AvgIpc) is 2.55. The van der Waals surface area contributed by atoms with Crippen molar-refractivity contribution in [2.24, 2.45) is 0 Å². The van der Waals surface area contributed by atoms with Gasteiger partial charge in [0.25, 0.3) is 0 Å². The van der Waals surface area contributed by atoms with Gasteiger partial charge in [0.05, 0.1) is 20.3 Å². The first kappa shape index (κ1) is 13.7. The van der Waals surface area contributed by atoms with Crippen LogP contribution in [-0.4, -0.2) is 19.3 Å². The van der Waals surface area contributed by atoms with Crippen LogP contribution in [0.2, 0.25) is 0 Å². The summed E-state index contributed by atoms with van der Waals surface area (Å²) in [4.78, 5) is 0. The average molecular weight is 282 g/mol. The standard InChI is InChI=1S/C18H18O3/c1-20-15-10-11-16(21-2)17-14(15)9-8-13(18(17)19)12-6-4-3-5-7-12/h3-11,13,18-19H,1-2H3/t13-,18-/m0/s1. The lowest BCUT2D eigenvalue weighted by molar-refractivity contribution is 0.155. The molecule has 3 heteroatoms. The molecule has 3 nitrogen and oxygen atoms in total. The van der Waals surface area contributed by atoms with Gasteiger partial charge in [-0.15, -0.1) is 0 Å². The third-order valence-electron chi connectivity index (χ3n) is 3.94. The van der Waals surface area contributed by atoms with Crippen molar-refractivity contribution in [3.63, 3.8) is 0 Å². The molecular weight excluding hydrogens is 264 g/mol. The smallest absolute Gasteiger partial charge is 0.126 e. The minimum Gasteiger partial charge on any atom is -0.496 e. The SMILES string of the molecule is COc1ccc(OC)c2c1C=C[C@@H](c1ccccc1)[C@@H]2O. The molecule has 21 heavy (non-hydrogen) atoms. The Morgan fingerprint density at radius 3 is 2.24 bits per heavy atom. The molecule has 0 aromatic heterocycles. The molecule has 2 aromatic carbocycles. The number of benzene rings is 2. The fraction of sp³-hybridized carbons (Fsp3) is 0.222. The Morgan fingerprint density at radius 1 is 0.905 bits per heavy atom. The highest BCUT2D eigenvalue weighted by atomic mass is 16.5. The van der Waals surface area contributed by atoms with Crippen LogP contribution in [0, 0.1) is 0 Å². The molecular formula is C18H18O3. The predicted octanol–water partition coefficient (Wildman–Crippen LogP) is 3.55. The summed E-state index contributed by atoms with van der Waals surface area (Å²) < 4.78 is 10.8. The first-order valence-corrected chi connectivity index (χ1v) is 6.92. The summed E-state index contributed by atoms with van der Waals surface area (Å²) in [5.74, 6) is 1.34. The van der Waals surface area contributed by atoms with Crippen LogP contribution in [0.1, 0.15) is 28.7 Å². The molecule has 108 valence electrons. The summed E-state index contributed by atoms with van der Waals surface area (Å²) >= 11 is 0. The van der Waals surface area contributed by atoms with Crippen molar-refractivity contribution >= 4 is 6.08 Å². The third-order valence-corrected chi connectivity index (χ3v) is 3.94. The van der Waals surface area contributed by atoms with E-state index in [1.165, 1.54) is 0 Å². The summed E-state index contributed by atoms with van der Waals surface area (Å²) in [5, 5.41) is 10.8. The van der Waals surface area contributed by atoms with E-state index in [1.54, 1.807) is 14.2 Å². The second-order valence-corrected chi connectivity index (χ2v) is 5.04. The molecule has 0 saturated heterocycles. The lowest BCUT2D eigenvalue weighted by Crippen LogP contribution is -2.15. The van der Waals surface area contributed by atoms with Crippen molar-refractivity contribution in [1.82, 2.24) is 0 Å². The van der Waals surface area contributed by atoms with Gasteiger partial charge in [0, 0.05) is 17.0 Å². The minimum atomic E-state index is -0.655. The molecule has 1 aliphatic carbocycles. The van der Waals surface area contributed by atoms with Crippen molar-refractivity contribution in [2.75, 3.05) is 14.2 Å². The van der Waals surface area contributed by atoms with Crippen molar-refractivity contribution < 1.29 is 14.6 Å². The number of hydrogen-bond donors (Lipinski definition) is 1. The number of aliphatic hydroxyl groups is 1. The quantitative estimate of drug-likeness (QED) is 0.935. The summed E-state index contributed by atoms with van der Waals surface area (Å²) in [6.45, 7) is 0. The van der Waals surface area contributed by atoms with Crippen LogP contribution in [0.4, 0.5) is 0 Å². The number of ether oxygens (including phenoxy) is 2. The monoisotopic (exact) mass is 282 g/mol. The number of aliphatic hydroxyl groups excluding tert-OH is 1. The van der Waals surface area contributed by atoms with Crippen LogP contribution >= 0.6 is 0 Å². The van der Waals surface area contributed by atoms with Crippen LogP contribution in [-0.2, 0) is 0 Å². The first-order chi connectivity index (χ1) is 10.3. The Labute approximate surface area is 124 Å². The normalized spacial score (nSPS) is 20.0. The van der Waals surface area contributed by atoms with Gasteiger partial charge in [-0.05, 0) is 17.7 Å². The van der Waals surface area contributed by atoms with E-state index >= 15 is 0 Å². The molecule has 1 N–H and O–H groups in total. The van der Waals surface area contributed by atoms with E-state index in [4.69, 9.17) is 9.47 Å². The maximum absolute atomic E-state index is 10.8. The zero-order chi connectivity index (χ0) is 14.8. The van der Waals surface area contributed by atoms with Gasteiger partial charge in [-0.25, -0.2) is 0 Å². The first-order valence-electron chi connectivity index (χ1n) is 6.92. The van der Waals surface area contributed by atoms with E-state index < -0.39 is 6.10 Å². The topological polar surface area (TPSA) is 38.7 Å². The van der Waals surface area contributed by atoms with E-state index in [-0.39, 0.29) is 5.92 Å². The van der Waals surface area contributed by atoms with Crippen LogP contribution in [0.15, 0.2) is 48.5 Å². The van der Waals surface area contributed by atoms with Gasteiger partial charge in [0.15, 0.2) is 0 Å². The molecule has 2 atom stereocenters. The summed E-state index contributed by atoms with van der Waals surface area (Å²) in [7, 11) is 3.25. The molecule has 3 rings (SSSR count). The molecule has 2 aromatic rings. The van der Waals surface area contributed by atoms with Crippen molar-refractivity contribution in [3.05, 3.63) is 65.2 Å². The van der Waals surface area contributed by atoms with Crippen LogP contribution in [0.5, 0.6) is 11.5 Å². The van der Waals surface area contributed by atoms with Gasteiger partial charge in [0.1, 0.15) is 11.5 Å². The Balaban J connectivity index is 2.11. The lowest BCUT2D eigenvalue weighted by atomic mass is 9.82. The second kappa shape index (κ2) is 5.62. The van der Waals surface area contributed by atoms with Crippen LogP contribution < -0.4 is 9.47 Å². The highest BCUT2D eigenvalue weighted by Gasteiger charge is 2.30. The molecule has 0 radical (unpaired) electrons. The molecule has 0 aliphatic heterocycles. The van der Waals surface area contributed by atoms with Gasteiger partial charge in [0.2, 0.25) is 0 Å². The zero-order valence-electron chi connectivity index (χ0n) is 12.1. The molecule has 0 spiro atoms. The highest BCUT2D eigenvalue weighted by molar-refractivity contribution is 5.69. The second-order valence-electron chi connectivity index (χ2n) is 5.04. The number of rotatable bonds is 3. The van der Waals surface area contributed by atoms with E-state index in [1.807, 2.05) is 54.6 Å². The Bertz CT molecular complexity index is 662. The molecule has 1 aliphatic rings. The largest absolute Gasteiger partial charge is 0.496 e. The van der Waals surface area contributed by atoms with Crippen LogP contribution in [0.25, 0.3) is 6.08 Å². The van der Waals surface area contributed by atoms with E-state index in [9.17, 15) is 5.11 Å². The van der Waals surface area contributed by atoms with Gasteiger partial charge in [-0.3, -0.25) is 0 Å². The molecule has 0 bridgehead atoms. The molecule has 0 amide bonds. The number of fused-ring (bicyclic) bond motifs is 1. The van der Waals surface area contributed by atoms with Crippen LogP contribution in [0.3, 0.4) is 0 Å². The highest BCUT2D eigenvalue weighted by Crippen LogP contribution is 2.45. The number of methoxy groups -OCH3 is 2. The van der Waals surface area contributed by atoms with Gasteiger partial charge in [-0.1, -0.05) is 42.5 Å². The minimum absolute atomic E-state index is 0.0836. The molecule has 0 unspecified atom stereocenters. The fourth-order valence-corrected chi connectivity index (χ4v) is 2.88. The maximum atomic E-state index is 10.8.